The van der Waals surface area contributed by atoms with Crippen LogP contribution in [-0.4, -0.2) is 60.9 Å². The minimum Gasteiger partial charge on any atom is -0.497 e. The highest BCUT2D eigenvalue weighted by Crippen LogP contribution is 2.26. The normalized spacial score (nSPS) is 22.5. The van der Waals surface area contributed by atoms with Crippen molar-refractivity contribution in [2.75, 3.05) is 25.5 Å². The summed E-state index contributed by atoms with van der Waals surface area (Å²) in [6.45, 7) is 1.10. The Bertz CT molecular complexity index is 964. The number of para-hydroxylation sites is 1. The summed E-state index contributed by atoms with van der Waals surface area (Å²) in [4.78, 5) is 39.5. The molecular weight excluding hydrogens is 408 g/mol. The highest BCUT2D eigenvalue weighted by atomic mass is 16.5. The Hall–Kier alpha value is -3.39. The third-order valence-corrected chi connectivity index (χ3v) is 6.07. The molecule has 8 nitrogen and oxygen atoms in total. The number of nitrogens with one attached hydrogen (secondary N) is 3. The van der Waals surface area contributed by atoms with Gasteiger partial charge >= 0.3 is 0 Å². The zero-order valence-corrected chi connectivity index (χ0v) is 18.0. The molecule has 168 valence electrons. The van der Waals surface area contributed by atoms with E-state index in [0.717, 1.165) is 5.69 Å². The van der Waals surface area contributed by atoms with Crippen molar-refractivity contribution >= 4 is 23.4 Å². The van der Waals surface area contributed by atoms with Crippen LogP contribution in [0.25, 0.3) is 0 Å². The number of hydrogen-bond acceptors (Lipinski definition) is 5. The predicted octanol–water partition coefficient (Wildman–Crippen LogP) is 1.79. The van der Waals surface area contributed by atoms with Crippen LogP contribution in [0.1, 0.15) is 29.6 Å². The second-order valence-electron chi connectivity index (χ2n) is 8.20. The second kappa shape index (κ2) is 9.82. The number of amides is 3. The van der Waals surface area contributed by atoms with Gasteiger partial charge in [0.15, 0.2) is 0 Å². The summed E-state index contributed by atoms with van der Waals surface area (Å²) >= 11 is 0. The number of methoxy groups -OCH3 is 1. The van der Waals surface area contributed by atoms with Gasteiger partial charge in [-0.05, 0) is 49.2 Å². The molecule has 0 radical (unpaired) electrons. The Morgan fingerprint density at radius 2 is 1.88 bits per heavy atom. The predicted molar refractivity (Wildman–Crippen MR) is 120 cm³/mol. The minimum atomic E-state index is -0.285. The molecule has 2 fully saturated rings. The van der Waals surface area contributed by atoms with E-state index in [-0.39, 0.29) is 35.8 Å². The SMILES string of the molecule is COc1ccc(C(=O)NC2CC3C(=O)NCC(CCC(=O)Nc4ccccc4)N3C2)cc1. The van der Waals surface area contributed by atoms with Crippen molar-refractivity contribution in [1.29, 1.82) is 0 Å². The molecule has 3 unspecified atom stereocenters. The molecule has 2 heterocycles. The summed E-state index contributed by atoms with van der Waals surface area (Å²) in [7, 11) is 1.58. The van der Waals surface area contributed by atoms with Crippen molar-refractivity contribution in [3.63, 3.8) is 0 Å². The van der Waals surface area contributed by atoms with E-state index in [1.165, 1.54) is 0 Å². The second-order valence-corrected chi connectivity index (χ2v) is 8.20. The molecule has 2 aromatic rings. The van der Waals surface area contributed by atoms with Gasteiger partial charge in [-0.3, -0.25) is 19.3 Å². The van der Waals surface area contributed by atoms with Gasteiger partial charge in [-0.25, -0.2) is 0 Å². The Labute approximate surface area is 187 Å². The molecule has 2 aliphatic rings. The number of piperazine rings is 1. The van der Waals surface area contributed by atoms with Crippen LogP contribution in [0.3, 0.4) is 0 Å². The standard InChI is InChI=1S/C24H28N4O4/c1-32-20-10-7-16(8-11-20)23(30)27-18-13-21-24(31)25-14-19(28(21)15-18)9-12-22(29)26-17-5-3-2-4-6-17/h2-8,10-11,18-19,21H,9,12-15H2,1H3,(H,25,31)(H,26,29)(H,27,30). The third-order valence-electron chi connectivity index (χ3n) is 6.07. The number of carbonyl (C=O) groups excluding carboxylic acids is 3. The van der Waals surface area contributed by atoms with Crippen LogP contribution in [0.2, 0.25) is 0 Å². The Kier molecular flexibility index (Phi) is 6.70. The van der Waals surface area contributed by atoms with E-state index in [2.05, 4.69) is 20.9 Å². The molecule has 3 atom stereocenters. The van der Waals surface area contributed by atoms with Crippen molar-refractivity contribution in [3.8, 4) is 5.75 Å². The Morgan fingerprint density at radius 1 is 1.12 bits per heavy atom. The maximum absolute atomic E-state index is 12.6. The molecule has 3 amide bonds. The summed E-state index contributed by atoms with van der Waals surface area (Å²) in [6, 6.07) is 15.9. The first kappa shape index (κ1) is 21.8. The summed E-state index contributed by atoms with van der Waals surface area (Å²) in [6.07, 6.45) is 1.55. The number of anilines is 1. The zero-order valence-electron chi connectivity index (χ0n) is 18.0. The molecule has 2 aromatic carbocycles. The first-order valence-electron chi connectivity index (χ1n) is 10.9. The van der Waals surface area contributed by atoms with Crippen LogP contribution in [-0.2, 0) is 9.59 Å². The number of ether oxygens (including phenoxy) is 1. The van der Waals surface area contributed by atoms with Gasteiger partial charge in [0, 0.05) is 42.8 Å². The van der Waals surface area contributed by atoms with E-state index in [4.69, 9.17) is 4.74 Å². The first-order valence-corrected chi connectivity index (χ1v) is 10.9. The monoisotopic (exact) mass is 436 g/mol. The fourth-order valence-corrected chi connectivity index (χ4v) is 4.40. The van der Waals surface area contributed by atoms with Crippen molar-refractivity contribution in [2.24, 2.45) is 0 Å². The number of nitrogens with zero attached hydrogens (tertiary/aromatic N) is 1. The maximum Gasteiger partial charge on any atom is 0.251 e. The molecule has 8 heteroatoms. The van der Waals surface area contributed by atoms with E-state index >= 15 is 0 Å². The van der Waals surface area contributed by atoms with Crippen LogP contribution in [0, 0.1) is 0 Å². The third kappa shape index (κ3) is 5.08. The van der Waals surface area contributed by atoms with Gasteiger partial charge in [0.1, 0.15) is 5.75 Å². The van der Waals surface area contributed by atoms with Gasteiger partial charge < -0.3 is 20.7 Å². The van der Waals surface area contributed by atoms with Crippen LogP contribution >= 0.6 is 0 Å². The van der Waals surface area contributed by atoms with Gasteiger partial charge in [-0.2, -0.15) is 0 Å². The van der Waals surface area contributed by atoms with Crippen molar-refractivity contribution < 1.29 is 19.1 Å². The topological polar surface area (TPSA) is 99.8 Å². The minimum absolute atomic E-state index is 0.0174. The van der Waals surface area contributed by atoms with E-state index in [0.29, 0.717) is 43.7 Å². The van der Waals surface area contributed by atoms with Crippen LogP contribution in [0.5, 0.6) is 5.75 Å². The smallest absolute Gasteiger partial charge is 0.251 e. The lowest BCUT2D eigenvalue weighted by Crippen LogP contribution is -2.57. The molecule has 0 aromatic heterocycles. The average Bonchev–Trinajstić information content (AvgIpc) is 3.24. The summed E-state index contributed by atoms with van der Waals surface area (Å²) in [5, 5.41) is 8.90. The molecule has 0 spiro atoms. The molecule has 0 bridgehead atoms. The zero-order chi connectivity index (χ0) is 22.5. The lowest BCUT2D eigenvalue weighted by atomic mass is 10.0. The van der Waals surface area contributed by atoms with Crippen LogP contribution in [0.4, 0.5) is 5.69 Å². The summed E-state index contributed by atoms with van der Waals surface area (Å²) in [5.41, 5.74) is 1.32. The number of hydrogen-bond donors (Lipinski definition) is 3. The van der Waals surface area contributed by atoms with Gasteiger partial charge in [-0.15, -0.1) is 0 Å². The maximum atomic E-state index is 12.6. The fourth-order valence-electron chi connectivity index (χ4n) is 4.40. The molecular formula is C24H28N4O4. The largest absolute Gasteiger partial charge is 0.497 e. The number of fused-ring (bicyclic) bond motifs is 1. The summed E-state index contributed by atoms with van der Waals surface area (Å²) in [5.74, 6) is 0.455. The van der Waals surface area contributed by atoms with E-state index in [1.807, 2.05) is 30.3 Å². The highest BCUT2D eigenvalue weighted by molar-refractivity contribution is 5.94. The van der Waals surface area contributed by atoms with Gasteiger partial charge in [0.2, 0.25) is 11.8 Å². The van der Waals surface area contributed by atoms with Gasteiger partial charge in [-0.1, -0.05) is 18.2 Å². The Morgan fingerprint density at radius 3 is 2.59 bits per heavy atom. The van der Waals surface area contributed by atoms with E-state index in [1.54, 1.807) is 31.4 Å². The number of rotatable bonds is 7. The van der Waals surface area contributed by atoms with E-state index in [9.17, 15) is 14.4 Å². The number of benzene rings is 2. The van der Waals surface area contributed by atoms with Gasteiger partial charge in [0.25, 0.3) is 5.91 Å². The van der Waals surface area contributed by atoms with Crippen molar-refractivity contribution in [1.82, 2.24) is 15.5 Å². The van der Waals surface area contributed by atoms with Crippen LogP contribution in [0.15, 0.2) is 54.6 Å². The van der Waals surface area contributed by atoms with E-state index < -0.39 is 0 Å². The van der Waals surface area contributed by atoms with Crippen molar-refractivity contribution in [2.45, 2.75) is 37.4 Å². The first-order chi connectivity index (χ1) is 15.5. The average molecular weight is 437 g/mol. The molecule has 32 heavy (non-hydrogen) atoms. The Balaban J connectivity index is 1.32. The number of carbonyl (C=O) groups is 3. The molecule has 0 aliphatic carbocycles. The molecule has 0 saturated carbocycles. The fraction of sp³-hybridized carbons (Fsp3) is 0.375. The molecule has 4 rings (SSSR count). The van der Waals surface area contributed by atoms with Gasteiger partial charge in [0.05, 0.1) is 13.2 Å². The van der Waals surface area contributed by atoms with Crippen molar-refractivity contribution in [3.05, 3.63) is 60.2 Å². The molecule has 2 aliphatic heterocycles. The van der Waals surface area contributed by atoms with Crippen LogP contribution < -0.4 is 20.7 Å². The lowest BCUT2D eigenvalue weighted by molar-refractivity contribution is -0.129. The molecule has 3 N–H and O–H groups in total. The molecule has 2 saturated heterocycles. The quantitative estimate of drug-likeness (QED) is 0.615. The summed E-state index contributed by atoms with van der Waals surface area (Å²) < 4.78 is 5.13. The lowest BCUT2D eigenvalue weighted by Gasteiger charge is -2.37. The highest BCUT2D eigenvalue weighted by Gasteiger charge is 2.43.